The van der Waals surface area contributed by atoms with Crippen LogP contribution in [0.5, 0.6) is 17.2 Å². The molecule has 0 spiro atoms. The Kier molecular flexibility index (Phi) is 17.5. The molecule has 3 aromatic rings. The number of aromatic nitrogens is 1. The minimum absolute atomic E-state index is 0.0195. The SMILES string of the molecule is CC.CC.CCC(C)CC(=O)Nc1cc(-c2csnc2-c2cc(C)c(OC)c(OC)c2)ccc1OC.CN. The molecule has 212 valence electrons. The number of carbonyl (C=O) groups is 1. The Balaban J connectivity index is 0.00000213. The summed E-state index contributed by atoms with van der Waals surface area (Å²) in [5.41, 5.74) is 9.82. The molecule has 1 atom stereocenters. The lowest BCUT2D eigenvalue weighted by molar-refractivity contribution is -0.117. The molecule has 0 saturated heterocycles. The van der Waals surface area contributed by atoms with E-state index in [0.717, 1.165) is 34.4 Å². The van der Waals surface area contributed by atoms with E-state index in [4.69, 9.17) is 14.2 Å². The van der Waals surface area contributed by atoms with Crippen LogP contribution >= 0.6 is 11.5 Å². The second kappa shape index (κ2) is 19.0. The summed E-state index contributed by atoms with van der Waals surface area (Å²) in [7, 11) is 6.36. The quantitative estimate of drug-likeness (QED) is 0.285. The van der Waals surface area contributed by atoms with Crippen molar-refractivity contribution in [3.63, 3.8) is 0 Å². The third kappa shape index (κ3) is 9.33. The predicted molar refractivity (Wildman–Crippen MR) is 163 cm³/mol. The largest absolute Gasteiger partial charge is 0.495 e. The van der Waals surface area contributed by atoms with Gasteiger partial charge in [-0.3, -0.25) is 4.79 Å². The summed E-state index contributed by atoms with van der Waals surface area (Å²) in [6.45, 7) is 14.1. The van der Waals surface area contributed by atoms with Gasteiger partial charge in [0.2, 0.25) is 5.91 Å². The first-order chi connectivity index (χ1) is 18.4. The predicted octanol–water partition coefficient (Wildman–Crippen LogP) is 7.81. The van der Waals surface area contributed by atoms with E-state index < -0.39 is 0 Å². The Morgan fingerprint density at radius 2 is 1.61 bits per heavy atom. The highest BCUT2D eigenvalue weighted by Crippen LogP contribution is 2.41. The minimum Gasteiger partial charge on any atom is -0.495 e. The van der Waals surface area contributed by atoms with E-state index in [1.807, 2.05) is 70.3 Å². The van der Waals surface area contributed by atoms with E-state index in [1.54, 1.807) is 21.3 Å². The zero-order chi connectivity index (χ0) is 29.3. The molecule has 3 N–H and O–H groups in total. The van der Waals surface area contributed by atoms with Gasteiger partial charge >= 0.3 is 0 Å². The van der Waals surface area contributed by atoms with Crippen molar-refractivity contribution in [1.29, 1.82) is 0 Å². The monoisotopic (exact) mass is 545 g/mol. The number of hydrogen-bond donors (Lipinski definition) is 2. The van der Waals surface area contributed by atoms with Crippen LogP contribution in [0.4, 0.5) is 5.69 Å². The molecular formula is C30H47N3O4S. The number of nitrogens with two attached hydrogens (primary N) is 1. The second-order valence-electron chi connectivity index (χ2n) is 7.79. The first-order valence-electron chi connectivity index (χ1n) is 13.1. The van der Waals surface area contributed by atoms with Crippen LogP contribution in [0.1, 0.15) is 59.9 Å². The van der Waals surface area contributed by atoms with Gasteiger partial charge in [0.25, 0.3) is 0 Å². The Bertz CT molecular complexity index is 1100. The molecule has 8 heteroatoms. The average Bonchev–Trinajstić information content (AvgIpc) is 3.45. The normalized spacial score (nSPS) is 10.3. The van der Waals surface area contributed by atoms with Gasteiger partial charge in [0.1, 0.15) is 5.75 Å². The molecule has 1 heterocycles. The molecule has 2 aromatic carbocycles. The number of nitrogens with one attached hydrogen (secondary N) is 1. The van der Waals surface area contributed by atoms with Gasteiger partial charge in [-0.15, -0.1) is 0 Å². The molecule has 0 aliphatic carbocycles. The standard InChI is InChI=1S/C25H30N2O4S.2C2H6.CH5N/c1-7-15(2)10-23(28)26-20-12-17(8-9-21(20)29-4)19-14-32-27-24(19)18-11-16(3)25(31-6)22(13-18)30-5;3*1-2/h8-9,11-15H,7,10H2,1-6H3,(H,26,28);2*1-2H3;2H2,1H3. The topological polar surface area (TPSA) is 95.7 Å². The van der Waals surface area contributed by atoms with Crippen LogP contribution in [0, 0.1) is 12.8 Å². The van der Waals surface area contributed by atoms with Gasteiger partial charge in [-0.2, -0.15) is 4.37 Å². The maximum Gasteiger partial charge on any atom is 0.224 e. The molecule has 38 heavy (non-hydrogen) atoms. The van der Waals surface area contributed by atoms with Gasteiger partial charge in [-0.05, 0) is 66.8 Å². The van der Waals surface area contributed by atoms with Crippen molar-refractivity contribution in [1.82, 2.24) is 4.37 Å². The van der Waals surface area contributed by atoms with E-state index in [9.17, 15) is 4.79 Å². The molecule has 1 amide bonds. The average molecular weight is 546 g/mol. The fraction of sp³-hybridized carbons (Fsp3) is 0.467. The van der Waals surface area contributed by atoms with E-state index in [1.165, 1.54) is 18.6 Å². The number of benzene rings is 2. The minimum atomic E-state index is -0.0195. The van der Waals surface area contributed by atoms with Crippen molar-refractivity contribution in [2.75, 3.05) is 33.7 Å². The summed E-state index contributed by atoms with van der Waals surface area (Å²) in [6, 6.07) is 9.76. The number of hydrogen-bond acceptors (Lipinski definition) is 7. The van der Waals surface area contributed by atoms with Crippen LogP contribution in [-0.2, 0) is 4.79 Å². The van der Waals surface area contributed by atoms with Crippen molar-refractivity contribution >= 4 is 23.1 Å². The van der Waals surface area contributed by atoms with Gasteiger partial charge in [0.15, 0.2) is 11.5 Å². The molecule has 3 rings (SSSR count). The molecule has 7 nitrogen and oxygen atoms in total. The van der Waals surface area contributed by atoms with Crippen molar-refractivity contribution in [2.45, 2.75) is 61.3 Å². The van der Waals surface area contributed by atoms with E-state index in [2.05, 4.69) is 29.3 Å². The van der Waals surface area contributed by atoms with Gasteiger partial charge in [0, 0.05) is 22.9 Å². The number of rotatable bonds is 9. The lowest BCUT2D eigenvalue weighted by Crippen LogP contribution is -2.15. The number of amides is 1. The van der Waals surface area contributed by atoms with E-state index >= 15 is 0 Å². The van der Waals surface area contributed by atoms with Gasteiger partial charge in [-0.25, -0.2) is 0 Å². The van der Waals surface area contributed by atoms with Crippen LogP contribution in [0.3, 0.4) is 0 Å². The smallest absolute Gasteiger partial charge is 0.224 e. The van der Waals surface area contributed by atoms with Crippen LogP contribution in [0.25, 0.3) is 22.4 Å². The van der Waals surface area contributed by atoms with Crippen molar-refractivity contribution in [3.05, 3.63) is 41.3 Å². The third-order valence-corrected chi connectivity index (χ3v) is 6.15. The van der Waals surface area contributed by atoms with Crippen molar-refractivity contribution in [2.24, 2.45) is 11.7 Å². The Morgan fingerprint density at radius 3 is 2.16 bits per heavy atom. The number of nitrogens with zero attached hydrogens (tertiary/aromatic N) is 1. The molecule has 0 saturated carbocycles. The van der Waals surface area contributed by atoms with E-state index in [-0.39, 0.29) is 5.91 Å². The molecular weight excluding hydrogens is 498 g/mol. The van der Waals surface area contributed by atoms with Gasteiger partial charge in [0.05, 0.1) is 32.7 Å². The fourth-order valence-corrected chi connectivity index (χ4v) is 4.29. The molecule has 1 unspecified atom stereocenters. The number of carbonyl (C=O) groups excluding carboxylic acids is 1. The van der Waals surface area contributed by atoms with Crippen molar-refractivity contribution < 1.29 is 19.0 Å². The summed E-state index contributed by atoms with van der Waals surface area (Å²) in [6.07, 6.45) is 1.43. The zero-order valence-electron chi connectivity index (χ0n) is 25.0. The first-order valence-corrected chi connectivity index (χ1v) is 14.0. The van der Waals surface area contributed by atoms with Crippen LogP contribution in [0.15, 0.2) is 35.7 Å². The number of anilines is 1. The fourth-order valence-electron chi connectivity index (χ4n) is 3.58. The summed E-state index contributed by atoms with van der Waals surface area (Å²) in [4.78, 5) is 12.5. The Hall–Kier alpha value is -3.10. The molecule has 0 aliphatic rings. The van der Waals surface area contributed by atoms with Crippen LogP contribution in [-0.4, -0.2) is 38.7 Å². The summed E-state index contributed by atoms with van der Waals surface area (Å²) in [5.74, 6) is 2.30. The van der Waals surface area contributed by atoms with Gasteiger partial charge in [-0.1, -0.05) is 54.0 Å². The highest BCUT2D eigenvalue weighted by molar-refractivity contribution is 7.04. The highest BCUT2D eigenvalue weighted by atomic mass is 32.1. The number of ether oxygens (including phenoxy) is 3. The molecule has 0 radical (unpaired) electrons. The van der Waals surface area contributed by atoms with E-state index in [0.29, 0.717) is 35.3 Å². The number of aryl methyl sites for hydroxylation is 1. The van der Waals surface area contributed by atoms with Crippen LogP contribution in [0.2, 0.25) is 0 Å². The van der Waals surface area contributed by atoms with Crippen LogP contribution < -0.4 is 25.3 Å². The maximum atomic E-state index is 12.5. The third-order valence-electron chi connectivity index (χ3n) is 5.52. The summed E-state index contributed by atoms with van der Waals surface area (Å²) >= 11 is 1.39. The Morgan fingerprint density at radius 1 is 0.974 bits per heavy atom. The second-order valence-corrected chi connectivity index (χ2v) is 8.42. The lowest BCUT2D eigenvalue weighted by Gasteiger charge is -2.15. The molecule has 0 aliphatic heterocycles. The molecule has 0 bridgehead atoms. The molecule has 1 aromatic heterocycles. The zero-order valence-corrected chi connectivity index (χ0v) is 25.8. The lowest BCUT2D eigenvalue weighted by atomic mass is 9.99. The first kappa shape index (κ1) is 34.9. The Labute approximate surface area is 233 Å². The summed E-state index contributed by atoms with van der Waals surface area (Å²) < 4.78 is 21.1. The maximum absolute atomic E-state index is 12.5. The van der Waals surface area contributed by atoms with Crippen molar-refractivity contribution in [3.8, 4) is 39.6 Å². The summed E-state index contributed by atoms with van der Waals surface area (Å²) in [5, 5.41) is 5.02. The highest BCUT2D eigenvalue weighted by Gasteiger charge is 2.18. The molecule has 0 fully saturated rings. The number of methoxy groups -OCH3 is 3. The van der Waals surface area contributed by atoms with Gasteiger partial charge < -0.3 is 25.3 Å².